The molecule has 1 saturated heterocycles. The molecular formula is C9H10BrNO3. The largest absolute Gasteiger partial charge is 0.346 e. The van der Waals surface area contributed by atoms with Crippen LogP contribution in [0, 0.1) is 0 Å². The molecule has 0 spiro atoms. The minimum Gasteiger partial charge on any atom is -0.346 e. The Kier molecular flexibility index (Phi) is 3.02. The maximum atomic E-state index is 8.92. The number of halogens is 1. The summed E-state index contributed by atoms with van der Waals surface area (Å²) in [5.41, 5.74) is 3.50. The number of hydrogen-bond donors (Lipinski definition) is 2. The Morgan fingerprint density at radius 3 is 2.71 bits per heavy atom. The lowest BCUT2D eigenvalue weighted by atomic mass is 10.2. The molecule has 1 heterocycles. The Bertz CT molecular complexity index is 326. The summed E-state index contributed by atoms with van der Waals surface area (Å²) in [5.74, 6) is 0. The molecule has 1 aliphatic rings. The van der Waals surface area contributed by atoms with Crippen molar-refractivity contribution < 1.29 is 14.7 Å². The molecule has 0 radical (unpaired) electrons. The van der Waals surface area contributed by atoms with Crippen LogP contribution in [-0.2, 0) is 9.47 Å². The summed E-state index contributed by atoms with van der Waals surface area (Å²) in [5, 5.41) is 8.92. The van der Waals surface area contributed by atoms with Gasteiger partial charge in [-0.3, -0.25) is 10.7 Å². The second-order valence-electron chi connectivity index (χ2n) is 2.89. The third-order valence-corrected chi connectivity index (χ3v) is 2.72. The highest BCUT2D eigenvalue weighted by Crippen LogP contribution is 2.35. The quantitative estimate of drug-likeness (QED) is 0.801. The van der Waals surface area contributed by atoms with E-state index in [-0.39, 0.29) is 0 Å². The van der Waals surface area contributed by atoms with E-state index in [9.17, 15) is 0 Å². The van der Waals surface area contributed by atoms with E-state index in [1.165, 1.54) is 0 Å². The van der Waals surface area contributed by atoms with Crippen molar-refractivity contribution >= 4 is 21.6 Å². The summed E-state index contributed by atoms with van der Waals surface area (Å²) in [6, 6.07) is 5.45. The number of anilines is 1. The summed E-state index contributed by atoms with van der Waals surface area (Å²) in [6.07, 6.45) is -0.403. The van der Waals surface area contributed by atoms with E-state index < -0.39 is 6.29 Å². The summed E-state index contributed by atoms with van der Waals surface area (Å²) < 4.78 is 11.6. The SMILES string of the molecule is ONc1cccc(Br)c1C1OCCO1. The molecule has 0 aliphatic carbocycles. The van der Waals surface area contributed by atoms with E-state index in [1.807, 2.05) is 12.1 Å². The minimum atomic E-state index is -0.403. The first-order valence-corrected chi connectivity index (χ1v) is 5.04. The molecule has 0 aromatic heterocycles. The standard InChI is InChI=1S/C9H10BrNO3/c10-6-2-1-3-7(11-12)8(6)9-13-4-5-14-9/h1-3,9,11-12H,4-5H2. The van der Waals surface area contributed by atoms with Gasteiger partial charge in [-0.2, -0.15) is 0 Å². The average molecular weight is 260 g/mol. The van der Waals surface area contributed by atoms with Crippen molar-refractivity contribution in [1.29, 1.82) is 0 Å². The molecule has 0 atom stereocenters. The van der Waals surface area contributed by atoms with Crippen molar-refractivity contribution in [2.24, 2.45) is 0 Å². The number of benzene rings is 1. The van der Waals surface area contributed by atoms with Gasteiger partial charge in [-0.1, -0.05) is 22.0 Å². The van der Waals surface area contributed by atoms with Crippen molar-refractivity contribution in [3.8, 4) is 0 Å². The maximum absolute atomic E-state index is 8.92. The number of rotatable bonds is 2. The Hall–Kier alpha value is -0.620. The van der Waals surface area contributed by atoms with Crippen molar-refractivity contribution in [2.75, 3.05) is 18.7 Å². The molecule has 4 nitrogen and oxygen atoms in total. The lowest BCUT2D eigenvalue weighted by Crippen LogP contribution is -2.04. The first-order chi connectivity index (χ1) is 6.83. The van der Waals surface area contributed by atoms with Crippen LogP contribution in [0.1, 0.15) is 11.9 Å². The molecular weight excluding hydrogens is 250 g/mol. The molecule has 2 N–H and O–H groups in total. The summed E-state index contributed by atoms with van der Waals surface area (Å²) >= 11 is 3.39. The molecule has 5 heteroatoms. The molecule has 0 saturated carbocycles. The molecule has 1 fully saturated rings. The molecule has 76 valence electrons. The van der Waals surface area contributed by atoms with Crippen LogP contribution in [0.3, 0.4) is 0 Å². The van der Waals surface area contributed by atoms with Crippen molar-refractivity contribution in [2.45, 2.75) is 6.29 Å². The van der Waals surface area contributed by atoms with Crippen molar-refractivity contribution in [1.82, 2.24) is 0 Å². The fourth-order valence-corrected chi connectivity index (χ4v) is 1.95. The minimum absolute atomic E-state index is 0.403. The third kappa shape index (κ3) is 1.76. The van der Waals surface area contributed by atoms with Gasteiger partial charge < -0.3 is 9.47 Å². The summed E-state index contributed by atoms with van der Waals surface area (Å²) in [4.78, 5) is 0. The Morgan fingerprint density at radius 1 is 1.36 bits per heavy atom. The van der Waals surface area contributed by atoms with Gasteiger partial charge in [0.05, 0.1) is 18.9 Å². The third-order valence-electron chi connectivity index (χ3n) is 2.03. The second kappa shape index (κ2) is 4.27. The van der Waals surface area contributed by atoms with Gasteiger partial charge in [0, 0.05) is 10.0 Å². The summed E-state index contributed by atoms with van der Waals surface area (Å²) in [6.45, 7) is 1.16. The van der Waals surface area contributed by atoms with Gasteiger partial charge >= 0.3 is 0 Å². The molecule has 0 bridgehead atoms. The van der Waals surface area contributed by atoms with Gasteiger partial charge in [0.15, 0.2) is 6.29 Å². The zero-order valence-corrected chi connectivity index (χ0v) is 8.95. The second-order valence-corrected chi connectivity index (χ2v) is 3.74. The van der Waals surface area contributed by atoms with E-state index >= 15 is 0 Å². The van der Waals surface area contributed by atoms with E-state index in [4.69, 9.17) is 14.7 Å². The molecule has 14 heavy (non-hydrogen) atoms. The fourth-order valence-electron chi connectivity index (χ4n) is 1.40. The van der Waals surface area contributed by atoms with Crippen LogP contribution in [0.25, 0.3) is 0 Å². The van der Waals surface area contributed by atoms with Crippen LogP contribution in [0.15, 0.2) is 22.7 Å². The smallest absolute Gasteiger partial charge is 0.187 e. The van der Waals surface area contributed by atoms with Crippen molar-refractivity contribution in [3.05, 3.63) is 28.2 Å². The van der Waals surface area contributed by atoms with Gasteiger partial charge in [0.25, 0.3) is 0 Å². The van der Waals surface area contributed by atoms with Crippen molar-refractivity contribution in [3.63, 3.8) is 0 Å². The Balaban J connectivity index is 2.37. The average Bonchev–Trinajstić information content (AvgIpc) is 2.70. The van der Waals surface area contributed by atoms with E-state index in [2.05, 4.69) is 21.4 Å². The Labute approximate surface area is 89.9 Å². The lowest BCUT2D eigenvalue weighted by Gasteiger charge is -2.15. The molecule has 1 aliphatic heterocycles. The number of nitrogens with one attached hydrogen (secondary N) is 1. The first kappa shape index (κ1) is 9.92. The fraction of sp³-hybridized carbons (Fsp3) is 0.333. The first-order valence-electron chi connectivity index (χ1n) is 4.24. The molecule has 0 amide bonds. The van der Waals surface area contributed by atoms with Gasteiger partial charge in [-0.05, 0) is 12.1 Å². The van der Waals surface area contributed by atoms with Gasteiger partial charge in [-0.15, -0.1) is 0 Å². The monoisotopic (exact) mass is 259 g/mol. The van der Waals surface area contributed by atoms with Crippen LogP contribution in [0.2, 0.25) is 0 Å². The normalized spacial score (nSPS) is 17.3. The predicted molar refractivity (Wildman–Crippen MR) is 54.2 cm³/mol. The predicted octanol–water partition coefficient (Wildman–Crippen LogP) is 2.30. The highest BCUT2D eigenvalue weighted by atomic mass is 79.9. The molecule has 1 aromatic carbocycles. The molecule has 0 unspecified atom stereocenters. The van der Waals surface area contributed by atoms with E-state index in [0.717, 1.165) is 10.0 Å². The topological polar surface area (TPSA) is 50.7 Å². The van der Waals surface area contributed by atoms with Crippen LogP contribution < -0.4 is 5.48 Å². The van der Waals surface area contributed by atoms with E-state index in [0.29, 0.717) is 18.9 Å². The zero-order chi connectivity index (χ0) is 9.97. The van der Waals surface area contributed by atoms with Gasteiger partial charge in [0.1, 0.15) is 0 Å². The number of ether oxygens (including phenoxy) is 2. The zero-order valence-electron chi connectivity index (χ0n) is 7.37. The number of hydrogen-bond acceptors (Lipinski definition) is 4. The van der Waals surface area contributed by atoms with Gasteiger partial charge in [0.2, 0.25) is 0 Å². The van der Waals surface area contributed by atoms with Crippen LogP contribution in [0.5, 0.6) is 0 Å². The lowest BCUT2D eigenvalue weighted by molar-refractivity contribution is -0.0443. The van der Waals surface area contributed by atoms with Crippen LogP contribution in [-0.4, -0.2) is 18.4 Å². The Morgan fingerprint density at radius 2 is 2.07 bits per heavy atom. The molecule has 1 aromatic rings. The van der Waals surface area contributed by atoms with Gasteiger partial charge in [-0.25, -0.2) is 0 Å². The van der Waals surface area contributed by atoms with E-state index in [1.54, 1.807) is 6.07 Å². The molecule has 2 rings (SSSR count). The highest BCUT2D eigenvalue weighted by Gasteiger charge is 2.23. The summed E-state index contributed by atoms with van der Waals surface area (Å²) in [7, 11) is 0. The maximum Gasteiger partial charge on any atom is 0.187 e. The highest BCUT2D eigenvalue weighted by molar-refractivity contribution is 9.10. The van der Waals surface area contributed by atoms with Crippen LogP contribution >= 0.6 is 15.9 Å². The van der Waals surface area contributed by atoms with Crippen LogP contribution in [0.4, 0.5) is 5.69 Å².